The Morgan fingerprint density at radius 1 is 1.06 bits per heavy atom. The van der Waals surface area contributed by atoms with Gasteiger partial charge < -0.3 is 13.3 Å². The van der Waals surface area contributed by atoms with E-state index in [1.165, 1.54) is 0 Å². The summed E-state index contributed by atoms with van der Waals surface area (Å²) in [6, 6.07) is 8.78. The van der Waals surface area contributed by atoms with Crippen LogP contribution in [0.5, 0.6) is 0 Å². The first-order valence-electron chi connectivity index (χ1n) is 5.06. The summed E-state index contributed by atoms with van der Waals surface area (Å²) in [5, 5.41) is 0. The maximum absolute atomic E-state index is 5.37. The van der Waals surface area contributed by atoms with Crippen LogP contribution in [0.25, 0.3) is 6.08 Å². The minimum absolute atomic E-state index is 0.675. The molecule has 1 aromatic rings. The number of hydrogen-bond donors (Lipinski definition) is 0. The van der Waals surface area contributed by atoms with Crippen molar-refractivity contribution in [3.8, 4) is 0 Å². The molecule has 0 radical (unpaired) electrons. The van der Waals surface area contributed by atoms with Crippen molar-refractivity contribution in [1.82, 2.24) is 0 Å². The molecule has 88 valence electrons. The van der Waals surface area contributed by atoms with Gasteiger partial charge in [-0.1, -0.05) is 36.9 Å². The quantitative estimate of drug-likeness (QED) is 0.712. The minimum Gasteiger partial charge on any atom is -0.377 e. The van der Waals surface area contributed by atoms with Crippen LogP contribution >= 0.6 is 0 Å². The van der Waals surface area contributed by atoms with Gasteiger partial charge in [0.1, 0.15) is 0 Å². The fraction of sp³-hybridized carbons (Fsp3) is 0.333. The first kappa shape index (κ1) is 13.1. The van der Waals surface area contributed by atoms with Crippen molar-refractivity contribution < 1.29 is 13.3 Å². The van der Waals surface area contributed by atoms with Crippen LogP contribution < -0.4 is 0 Å². The van der Waals surface area contributed by atoms with Gasteiger partial charge in [-0.2, -0.15) is 0 Å². The van der Waals surface area contributed by atoms with Crippen molar-refractivity contribution in [2.75, 3.05) is 21.3 Å². The highest BCUT2D eigenvalue weighted by Gasteiger charge is 2.37. The van der Waals surface area contributed by atoms with Gasteiger partial charge >= 0.3 is 8.80 Å². The summed E-state index contributed by atoms with van der Waals surface area (Å²) in [4.78, 5) is 0. The molecule has 3 nitrogen and oxygen atoms in total. The summed E-state index contributed by atoms with van der Waals surface area (Å²) in [5.74, 6) is 0. The number of rotatable bonds is 6. The van der Waals surface area contributed by atoms with Crippen LogP contribution in [0.2, 0.25) is 0 Å². The Labute approximate surface area is 98.0 Å². The van der Waals surface area contributed by atoms with Gasteiger partial charge in [0.15, 0.2) is 0 Å². The first-order chi connectivity index (χ1) is 7.69. The van der Waals surface area contributed by atoms with Gasteiger partial charge in [0.2, 0.25) is 0 Å². The zero-order valence-electron chi connectivity index (χ0n) is 10.0. The molecular weight excluding hydrogens is 220 g/mol. The predicted molar refractivity (Wildman–Crippen MR) is 67.0 cm³/mol. The van der Waals surface area contributed by atoms with E-state index in [1.54, 1.807) is 21.3 Å². The van der Waals surface area contributed by atoms with E-state index < -0.39 is 8.80 Å². The van der Waals surface area contributed by atoms with Gasteiger partial charge in [-0.15, -0.1) is 0 Å². The third-order valence-corrected chi connectivity index (χ3v) is 5.28. The van der Waals surface area contributed by atoms with Crippen LogP contribution in [-0.4, -0.2) is 30.1 Å². The van der Waals surface area contributed by atoms with E-state index in [0.717, 1.165) is 11.1 Å². The molecule has 0 amide bonds. The second kappa shape index (κ2) is 5.96. The summed E-state index contributed by atoms with van der Waals surface area (Å²) in [6.45, 7) is 3.72. The molecule has 0 aliphatic heterocycles. The van der Waals surface area contributed by atoms with E-state index in [0.29, 0.717) is 6.04 Å². The van der Waals surface area contributed by atoms with Gasteiger partial charge in [0.05, 0.1) is 0 Å². The fourth-order valence-electron chi connectivity index (χ4n) is 1.49. The average molecular weight is 238 g/mol. The van der Waals surface area contributed by atoms with Crippen molar-refractivity contribution in [1.29, 1.82) is 0 Å². The molecule has 0 aliphatic carbocycles. The van der Waals surface area contributed by atoms with Crippen LogP contribution in [0.4, 0.5) is 0 Å². The van der Waals surface area contributed by atoms with E-state index in [9.17, 15) is 0 Å². The topological polar surface area (TPSA) is 27.7 Å². The van der Waals surface area contributed by atoms with Gasteiger partial charge in [-0.3, -0.25) is 0 Å². The molecule has 0 aromatic heterocycles. The maximum Gasteiger partial charge on any atom is 0.504 e. The lowest BCUT2D eigenvalue weighted by Gasteiger charge is -2.24. The molecule has 1 aromatic carbocycles. The Morgan fingerprint density at radius 3 is 1.94 bits per heavy atom. The van der Waals surface area contributed by atoms with Crippen molar-refractivity contribution in [3.63, 3.8) is 0 Å². The molecule has 0 aliphatic rings. The van der Waals surface area contributed by atoms with Crippen LogP contribution in [0.1, 0.15) is 11.1 Å². The second-order valence-corrected chi connectivity index (χ2v) is 6.36. The van der Waals surface area contributed by atoms with Crippen LogP contribution in [0.15, 0.2) is 30.8 Å². The molecule has 4 heteroatoms. The van der Waals surface area contributed by atoms with Crippen molar-refractivity contribution in [3.05, 3.63) is 42.0 Å². The van der Waals surface area contributed by atoms with E-state index in [-0.39, 0.29) is 0 Å². The SMILES string of the molecule is C=Cc1ccc(C[Si](OC)(OC)OC)cc1. The largest absolute Gasteiger partial charge is 0.504 e. The van der Waals surface area contributed by atoms with Gasteiger partial charge in [-0.25, -0.2) is 0 Å². The van der Waals surface area contributed by atoms with Crippen molar-refractivity contribution in [2.45, 2.75) is 6.04 Å². The van der Waals surface area contributed by atoms with E-state index in [1.807, 2.05) is 30.3 Å². The Morgan fingerprint density at radius 2 is 1.56 bits per heavy atom. The third kappa shape index (κ3) is 3.02. The standard InChI is InChI=1S/C12H18O3Si/c1-5-11-6-8-12(9-7-11)10-16(13-2,14-3)15-4/h5-9H,1,10H2,2-4H3. The Balaban J connectivity index is 2.81. The molecule has 0 saturated heterocycles. The highest BCUT2D eigenvalue weighted by atomic mass is 28.4. The third-order valence-electron chi connectivity index (χ3n) is 2.57. The smallest absolute Gasteiger partial charge is 0.377 e. The molecule has 0 heterocycles. The van der Waals surface area contributed by atoms with Gasteiger partial charge in [0, 0.05) is 27.4 Å². The molecule has 0 saturated carbocycles. The highest BCUT2D eigenvalue weighted by Crippen LogP contribution is 2.15. The maximum atomic E-state index is 5.37. The molecule has 0 fully saturated rings. The summed E-state index contributed by atoms with van der Waals surface area (Å²) in [5.41, 5.74) is 2.24. The Hall–Kier alpha value is -0.943. The number of hydrogen-bond acceptors (Lipinski definition) is 3. The lowest BCUT2D eigenvalue weighted by molar-refractivity contribution is 0.122. The van der Waals surface area contributed by atoms with Gasteiger partial charge in [-0.05, 0) is 11.1 Å². The molecule has 1 rings (SSSR count). The van der Waals surface area contributed by atoms with Crippen molar-refractivity contribution in [2.24, 2.45) is 0 Å². The highest BCUT2D eigenvalue weighted by molar-refractivity contribution is 6.60. The normalized spacial score (nSPS) is 11.4. The summed E-state index contributed by atoms with van der Waals surface area (Å²) >= 11 is 0. The van der Waals surface area contributed by atoms with Crippen LogP contribution in [-0.2, 0) is 19.3 Å². The first-order valence-corrected chi connectivity index (χ1v) is 6.99. The molecule has 0 spiro atoms. The monoisotopic (exact) mass is 238 g/mol. The van der Waals surface area contributed by atoms with Gasteiger partial charge in [0.25, 0.3) is 0 Å². The Bertz CT molecular complexity index is 322. The molecule has 0 unspecified atom stereocenters. The van der Waals surface area contributed by atoms with Crippen LogP contribution in [0, 0.1) is 0 Å². The predicted octanol–water partition coefficient (Wildman–Crippen LogP) is 2.29. The second-order valence-electron chi connectivity index (χ2n) is 3.42. The molecule has 0 atom stereocenters. The van der Waals surface area contributed by atoms with E-state index in [2.05, 4.69) is 6.58 Å². The average Bonchev–Trinajstić information content (AvgIpc) is 2.37. The summed E-state index contributed by atoms with van der Waals surface area (Å²) in [6.07, 6.45) is 1.82. The van der Waals surface area contributed by atoms with E-state index >= 15 is 0 Å². The van der Waals surface area contributed by atoms with Crippen molar-refractivity contribution >= 4 is 14.9 Å². The Kier molecular flexibility index (Phi) is 4.89. The number of benzene rings is 1. The molecular formula is C12H18O3Si. The zero-order valence-corrected chi connectivity index (χ0v) is 11.0. The summed E-state index contributed by atoms with van der Waals surface area (Å²) < 4.78 is 16.1. The fourth-order valence-corrected chi connectivity index (χ4v) is 3.16. The zero-order chi connectivity index (χ0) is 12.0. The summed E-state index contributed by atoms with van der Waals surface area (Å²) in [7, 11) is 2.36. The lowest BCUT2D eigenvalue weighted by atomic mass is 10.1. The van der Waals surface area contributed by atoms with Crippen LogP contribution in [0.3, 0.4) is 0 Å². The molecule has 16 heavy (non-hydrogen) atoms. The molecule has 0 N–H and O–H groups in total. The van der Waals surface area contributed by atoms with E-state index in [4.69, 9.17) is 13.3 Å². The molecule has 0 bridgehead atoms. The minimum atomic E-state index is -2.51. The lowest BCUT2D eigenvalue weighted by Crippen LogP contribution is -2.45.